The maximum atomic E-state index is 8.43. The van der Waals surface area contributed by atoms with Crippen LogP contribution in [0.15, 0.2) is 36.0 Å². The molecule has 48 valence electrons. The highest BCUT2D eigenvalue weighted by molar-refractivity contribution is 5.39. The Morgan fingerprint density at radius 3 is 2.56 bits per heavy atom. The normalized spacial score (nSPS) is 15.0. The maximum Gasteiger partial charge on any atom is 0.0465 e. The fourth-order valence-electron chi connectivity index (χ4n) is 0.756. The molecular weight excluding hydrogens is 112 g/mol. The minimum Gasteiger partial charge on any atom is -0.396 e. The van der Waals surface area contributed by atoms with Crippen LogP contribution < -0.4 is 0 Å². The van der Waals surface area contributed by atoms with E-state index in [1.807, 2.05) is 30.4 Å². The van der Waals surface area contributed by atoms with Crippen LogP contribution in [0.4, 0.5) is 0 Å². The molecule has 0 heterocycles. The first-order chi connectivity index (χ1) is 4.43. The van der Waals surface area contributed by atoms with Crippen molar-refractivity contribution >= 4 is 0 Å². The Kier molecular flexibility index (Phi) is 2.28. The Labute approximate surface area is 55.0 Å². The fraction of sp³-hybridized carbons (Fsp3) is 0.250. The fourth-order valence-corrected chi connectivity index (χ4v) is 0.756. The largest absolute Gasteiger partial charge is 0.396 e. The first kappa shape index (κ1) is 6.30. The van der Waals surface area contributed by atoms with Gasteiger partial charge in [0.2, 0.25) is 0 Å². The molecule has 0 spiro atoms. The van der Waals surface area contributed by atoms with Gasteiger partial charge in [-0.1, -0.05) is 30.4 Å². The van der Waals surface area contributed by atoms with E-state index in [4.69, 9.17) is 5.11 Å². The molecule has 1 aliphatic carbocycles. The van der Waals surface area contributed by atoms with Gasteiger partial charge in [-0.2, -0.15) is 0 Å². The van der Waals surface area contributed by atoms with Gasteiger partial charge in [-0.15, -0.1) is 0 Å². The molecule has 1 heteroatoms. The van der Waals surface area contributed by atoms with E-state index in [0.717, 1.165) is 6.42 Å². The average Bonchev–Trinajstić information content (AvgIpc) is 2.34. The van der Waals surface area contributed by atoms with Crippen LogP contribution in [0.3, 0.4) is 0 Å². The van der Waals surface area contributed by atoms with Gasteiger partial charge in [0, 0.05) is 6.61 Å². The average molecular weight is 122 g/mol. The molecule has 1 nitrogen and oxygen atoms in total. The molecule has 0 aromatic rings. The highest BCUT2D eigenvalue weighted by atomic mass is 16.2. The van der Waals surface area contributed by atoms with Crippen LogP contribution in [-0.4, -0.2) is 11.7 Å². The lowest BCUT2D eigenvalue weighted by Gasteiger charge is -1.86. The number of aliphatic hydroxyl groups is 1. The standard InChI is InChI=1S/C8H10O/c9-7-3-6-8-4-1-2-5-8/h1-2,4-6,9H,3,7H2. The first-order valence-electron chi connectivity index (χ1n) is 3.09. The van der Waals surface area contributed by atoms with E-state index < -0.39 is 0 Å². The van der Waals surface area contributed by atoms with E-state index in [-0.39, 0.29) is 6.61 Å². The topological polar surface area (TPSA) is 20.2 Å². The minimum atomic E-state index is 0.241. The molecule has 0 amide bonds. The third-order valence-electron chi connectivity index (χ3n) is 1.20. The summed E-state index contributed by atoms with van der Waals surface area (Å²) in [6, 6.07) is 0. The lowest BCUT2D eigenvalue weighted by atomic mass is 10.2. The van der Waals surface area contributed by atoms with E-state index >= 15 is 0 Å². The summed E-state index contributed by atoms with van der Waals surface area (Å²) in [6.07, 6.45) is 10.8. The molecule has 0 saturated carbocycles. The molecule has 0 aromatic carbocycles. The molecule has 1 aliphatic rings. The smallest absolute Gasteiger partial charge is 0.0465 e. The van der Waals surface area contributed by atoms with E-state index in [2.05, 4.69) is 0 Å². The van der Waals surface area contributed by atoms with Crippen molar-refractivity contribution in [1.29, 1.82) is 0 Å². The summed E-state index contributed by atoms with van der Waals surface area (Å²) in [4.78, 5) is 0. The third-order valence-corrected chi connectivity index (χ3v) is 1.20. The number of aliphatic hydroxyl groups excluding tert-OH is 1. The van der Waals surface area contributed by atoms with Crippen LogP contribution in [0.2, 0.25) is 0 Å². The molecule has 0 unspecified atom stereocenters. The van der Waals surface area contributed by atoms with Gasteiger partial charge in [0.25, 0.3) is 0 Å². The summed E-state index contributed by atoms with van der Waals surface area (Å²) >= 11 is 0. The maximum absolute atomic E-state index is 8.43. The van der Waals surface area contributed by atoms with Gasteiger partial charge in [0.15, 0.2) is 0 Å². The molecule has 1 rings (SSSR count). The predicted molar refractivity (Wildman–Crippen MR) is 38.1 cm³/mol. The van der Waals surface area contributed by atoms with Crippen molar-refractivity contribution in [2.24, 2.45) is 0 Å². The molecule has 0 bridgehead atoms. The van der Waals surface area contributed by atoms with Crippen molar-refractivity contribution in [1.82, 2.24) is 0 Å². The van der Waals surface area contributed by atoms with Crippen LogP contribution in [-0.2, 0) is 0 Å². The van der Waals surface area contributed by atoms with Gasteiger partial charge < -0.3 is 5.11 Å². The summed E-state index contributed by atoms with van der Waals surface area (Å²) in [7, 11) is 0. The van der Waals surface area contributed by atoms with Gasteiger partial charge in [0.1, 0.15) is 0 Å². The molecule has 0 aliphatic heterocycles. The van der Waals surface area contributed by atoms with E-state index in [9.17, 15) is 0 Å². The summed E-state index contributed by atoms with van der Waals surface area (Å²) in [5, 5.41) is 8.43. The number of hydrogen-bond donors (Lipinski definition) is 1. The van der Waals surface area contributed by atoms with Crippen LogP contribution in [0.25, 0.3) is 0 Å². The van der Waals surface area contributed by atoms with Crippen molar-refractivity contribution in [3.63, 3.8) is 0 Å². The quantitative estimate of drug-likeness (QED) is 0.587. The second kappa shape index (κ2) is 3.25. The second-order valence-corrected chi connectivity index (χ2v) is 1.93. The molecule has 0 aromatic heterocycles. The third kappa shape index (κ3) is 1.86. The second-order valence-electron chi connectivity index (χ2n) is 1.93. The van der Waals surface area contributed by atoms with Crippen LogP contribution in [0.1, 0.15) is 6.42 Å². The van der Waals surface area contributed by atoms with Gasteiger partial charge in [-0.3, -0.25) is 0 Å². The van der Waals surface area contributed by atoms with E-state index in [1.54, 1.807) is 0 Å². The lowest BCUT2D eigenvalue weighted by molar-refractivity contribution is 0.302. The summed E-state index contributed by atoms with van der Waals surface area (Å²) in [6.45, 7) is 0.241. The van der Waals surface area contributed by atoms with Gasteiger partial charge in [-0.25, -0.2) is 0 Å². The number of hydrogen-bond acceptors (Lipinski definition) is 1. The van der Waals surface area contributed by atoms with E-state index in [0.29, 0.717) is 0 Å². The Morgan fingerprint density at radius 2 is 2.00 bits per heavy atom. The number of allylic oxidation sites excluding steroid dienone is 5. The monoisotopic (exact) mass is 122 g/mol. The summed E-state index contributed by atoms with van der Waals surface area (Å²) < 4.78 is 0. The molecule has 0 saturated heterocycles. The molecule has 0 atom stereocenters. The molecule has 0 fully saturated rings. The van der Waals surface area contributed by atoms with Crippen molar-refractivity contribution in [3.05, 3.63) is 36.0 Å². The summed E-state index contributed by atoms with van der Waals surface area (Å²) in [5.41, 5.74) is 1.20. The van der Waals surface area contributed by atoms with Gasteiger partial charge in [0.05, 0.1) is 0 Å². The first-order valence-corrected chi connectivity index (χ1v) is 3.09. The SMILES string of the molecule is OCCC=C1C=CC=C1. The van der Waals surface area contributed by atoms with Crippen LogP contribution in [0.5, 0.6) is 0 Å². The van der Waals surface area contributed by atoms with E-state index in [1.165, 1.54) is 5.57 Å². The lowest BCUT2D eigenvalue weighted by Crippen LogP contribution is -1.77. The van der Waals surface area contributed by atoms with Gasteiger partial charge >= 0.3 is 0 Å². The molecule has 1 N–H and O–H groups in total. The van der Waals surface area contributed by atoms with Crippen molar-refractivity contribution < 1.29 is 5.11 Å². The Hall–Kier alpha value is -0.820. The van der Waals surface area contributed by atoms with Crippen molar-refractivity contribution in [3.8, 4) is 0 Å². The highest BCUT2D eigenvalue weighted by Gasteiger charge is 1.88. The van der Waals surface area contributed by atoms with Gasteiger partial charge in [-0.05, 0) is 12.0 Å². The van der Waals surface area contributed by atoms with Crippen LogP contribution >= 0.6 is 0 Å². The highest BCUT2D eigenvalue weighted by Crippen LogP contribution is 2.06. The zero-order chi connectivity index (χ0) is 6.53. The Morgan fingerprint density at radius 1 is 1.33 bits per heavy atom. The summed E-state index contributed by atoms with van der Waals surface area (Å²) in [5.74, 6) is 0. The minimum absolute atomic E-state index is 0.241. The zero-order valence-electron chi connectivity index (χ0n) is 5.25. The molecular formula is C8H10O. The Bertz CT molecular complexity index is 149. The Balaban J connectivity index is 2.42. The molecule has 0 radical (unpaired) electrons. The van der Waals surface area contributed by atoms with Crippen LogP contribution in [0, 0.1) is 0 Å². The zero-order valence-corrected chi connectivity index (χ0v) is 5.25. The predicted octanol–water partition coefficient (Wildman–Crippen LogP) is 1.42. The molecule has 9 heavy (non-hydrogen) atoms. The van der Waals surface area contributed by atoms with Crippen molar-refractivity contribution in [2.45, 2.75) is 6.42 Å². The number of rotatable bonds is 2. The van der Waals surface area contributed by atoms with Crippen molar-refractivity contribution in [2.75, 3.05) is 6.61 Å².